The van der Waals surface area contributed by atoms with E-state index in [0.29, 0.717) is 11.1 Å². The van der Waals surface area contributed by atoms with Gasteiger partial charge >= 0.3 is 5.97 Å². The highest BCUT2D eigenvalue weighted by molar-refractivity contribution is 6.68. The average molecular weight is 282 g/mol. The first-order chi connectivity index (χ1) is 7.42. The first-order valence-electron chi connectivity index (χ1n) is 4.37. The van der Waals surface area contributed by atoms with E-state index in [0.717, 1.165) is 0 Å². The topological polar surface area (TPSA) is 35.5 Å². The van der Waals surface area contributed by atoms with E-state index in [2.05, 4.69) is 0 Å². The van der Waals surface area contributed by atoms with Crippen molar-refractivity contribution in [1.29, 1.82) is 0 Å². The summed E-state index contributed by atoms with van der Waals surface area (Å²) in [5.74, 6) is -2.24. The van der Waals surface area contributed by atoms with Crippen LogP contribution in [0.2, 0.25) is 0 Å². The lowest BCUT2D eigenvalue weighted by molar-refractivity contribution is -0.183. The number of benzene rings is 1. The maximum atomic E-state index is 11.6. The van der Waals surface area contributed by atoms with E-state index >= 15 is 0 Å². The number of rotatable bonds is 1. The number of cyclic esters (lactones) is 1. The number of methoxy groups -OCH3 is 1. The van der Waals surface area contributed by atoms with Gasteiger partial charge < -0.3 is 9.47 Å². The Morgan fingerprint density at radius 3 is 2.50 bits per heavy atom. The van der Waals surface area contributed by atoms with Crippen LogP contribution in [0.5, 0.6) is 0 Å². The molecular weight excluding hydrogens is 274 g/mol. The first-order valence-corrected chi connectivity index (χ1v) is 5.50. The van der Waals surface area contributed by atoms with Crippen LogP contribution >= 0.6 is 34.8 Å². The SMILES string of the molecule is CO[C@@]1(C(Cl)(Cl)Cl)OC(=O)c2ccccc21. The normalized spacial score (nSPS) is 24.1. The van der Waals surface area contributed by atoms with Gasteiger partial charge in [-0.05, 0) is 6.07 Å². The summed E-state index contributed by atoms with van der Waals surface area (Å²) in [4.78, 5) is 11.6. The van der Waals surface area contributed by atoms with Crippen molar-refractivity contribution in [1.82, 2.24) is 0 Å². The number of carbonyl (C=O) groups is 1. The number of carbonyl (C=O) groups excluding carboxylic acids is 1. The monoisotopic (exact) mass is 280 g/mol. The highest BCUT2D eigenvalue weighted by atomic mass is 35.6. The van der Waals surface area contributed by atoms with Crippen LogP contribution in [0.1, 0.15) is 15.9 Å². The van der Waals surface area contributed by atoms with E-state index in [1.165, 1.54) is 7.11 Å². The summed E-state index contributed by atoms with van der Waals surface area (Å²) < 4.78 is 8.30. The van der Waals surface area contributed by atoms with Crippen LogP contribution in [0.3, 0.4) is 0 Å². The fourth-order valence-corrected chi connectivity index (χ4v) is 2.32. The zero-order valence-corrected chi connectivity index (χ0v) is 10.4. The maximum absolute atomic E-state index is 11.6. The number of hydrogen-bond acceptors (Lipinski definition) is 3. The molecule has 1 aliphatic heterocycles. The molecule has 86 valence electrons. The number of halogens is 3. The van der Waals surface area contributed by atoms with E-state index in [4.69, 9.17) is 44.3 Å². The van der Waals surface area contributed by atoms with E-state index in [-0.39, 0.29) is 0 Å². The zero-order valence-electron chi connectivity index (χ0n) is 8.17. The predicted molar refractivity (Wildman–Crippen MR) is 60.8 cm³/mol. The number of ether oxygens (including phenoxy) is 2. The third-order valence-corrected chi connectivity index (χ3v) is 3.15. The van der Waals surface area contributed by atoms with Gasteiger partial charge in [-0.2, -0.15) is 0 Å². The van der Waals surface area contributed by atoms with E-state index < -0.39 is 15.5 Å². The van der Waals surface area contributed by atoms with Gasteiger partial charge in [0, 0.05) is 12.7 Å². The Kier molecular flexibility index (Phi) is 2.83. The Labute approximate surface area is 107 Å². The highest BCUT2D eigenvalue weighted by Crippen LogP contribution is 2.52. The van der Waals surface area contributed by atoms with Gasteiger partial charge in [0.2, 0.25) is 0 Å². The number of esters is 1. The fourth-order valence-electron chi connectivity index (χ4n) is 1.67. The second kappa shape index (κ2) is 3.77. The Balaban J connectivity index is 2.66. The van der Waals surface area contributed by atoms with Crippen LogP contribution < -0.4 is 0 Å². The maximum Gasteiger partial charge on any atom is 0.341 e. The number of alkyl halides is 3. The molecule has 1 heterocycles. The van der Waals surface area contributed by atoms with Crippen molar-refractivity contribution in [2.24, 2.45) is 0 Å². The molecule has 0 amide bonds. The Morgan fingerprint density at radius 2 is 1.94 bits per heavy atom. The molecule has 16 heavy (non-hydrogen) atoms. The van der Waals surface area contributed by atoms with Gasteiger partial charge in [-0.3, -0.25) is 0 Å². The lowest BCUT2D eigenvalue weighted by Crippen LogP contribution is -2.42. The van der Waals surface area contributed by atoms with Gasteiger partial charge in [-0.25, -0.2) is 4.79 Å². The zero-order chi connectivity index (χ0) is 12.0. The summed E-state index contributed by atoms with van der Waals surface area (Å²) in [7, 11) is 1.32. The van der Waals surface area contributed by atoms with E-state index in [1.54, 1.807) is 24.3 Å². The molecule has 0 spiro atoms. The van der Waals surface area contributed by atoms with E-state index in [9.17, 15) is 4.79 Å². The number of hydrogen-bond donors (Lipinski definition) is 0. The second-order valence-corrected chi connectivity index (χ2v) is 5.53. The highest BCUT2D eigenvalue weighted by Gasteiger charge is 2.59. The molecule has 0 unspecified atom stereocenters. The molecule has 3 nitrogen and oxygen atoms in total. The minimum absolute atomic E-state index is 0.343. The van der Waals surface area contributed by atoms with Crippen molar-refractivity contribution in [2.45, 2.75) is 9.58 Å². The molecule has 1 atom stereocenters. The molecule has 1 aromatic carbocycles. The summed E-state index contributed by atoms with van der Waals surface area (Å²) in [6, 6.07) is 6.63. The molecule has 0 aromatic heterocycles. The Bertz CT molecular complexity index is 441. The predicted octanol–water partition coefficient (Wildman–Crippen LogP) is 3.03. The minimum Gasteiger partial charge on any atom is -0.420 e. The quantitative estimate of drug-likeness (QED) is 0.586. The molecule has 1 aromatic rings. The molecule has 0 bridgehead atoms. The lowest BCUT2D eigenvalue weighted by Gasteiger charge is -2.33. The largest absolute Gasteiger partial charge is 0.420 e. The van der Waals surface area contributed by atoms with Gasteiger partial charge in [0.15, 0.2) is 0 Å². The minimum atomic E-state index is -1.90. The van der Waals surface area contributed by atoms with Gasteiger partial charge in [-0.1, -0.05) is 53.0 Å². The van der Waals surface area contributed by atoms with Crippen molar-refractivity contribution >= 4 is 40.8 Å². The van der Waals surface area contributed by atoms with Crippen LogP contribution in [0.25, 0.3) is 0 Å². The molecule has 6 heteroatoms. The summed E-state index contributed by atoms with van der Waals surface area (Å²) in [6.45, 7) is 0. The third-order valence-electron chi connectivity index (χ3n) is 2.40. The van der Waals surface area contributed by atoms with Gasteiger partial charge in [0.1, 0.15) is 0 Å². The molecule has 0 aliphatic carbocycles. The summed E-state index contributed by atoms with van der Waals surface area (Å²) in [5.41, 5.74) is 0.762. The van der Waals surface area contributed by atoms with Crippen LogP contribution in [0.4, 0.5) is 0 Å². The number of fused-ring (bicyclic) bond motifs is 1. The van der Waals surface area contributed by atoms with Crippen molar-refractivity contribution in [2.75, 3.05) is 7.11 Å². The standard InChI is InChI=1S/C10H7Cl3O3/c1-15-9(10(11,12)13)7-5-3-2-4-6(7)8(14)16-9/h2-5H,1H3/t9-/m1/s1. The van der Waals surface area contributed by atoms with Crippen molar-refractivity contribution in [3.63, 3.8) is 0 Å². The molecule has 0 saturated heterocycles. The van der Waals surface area contributed by atoms with Crippen molar-refractivity contribution in [3.8, 4) is 0 Å². The molecule has 0 radical (unpaired) electrons. The van der Waals surface area contributed by atoms with Crippen LogP contribution in [0, 0.1) is 0 Å². The van der Waals surface area contributed by atoms with Gasteiger partial charge in [-0.15, -0.1) is 0 Å². The van der Waals surface area contributed by atoms with Gasteiger partial charge in [0.05, 0.1) is 5.56 Å². The Morgan fingerprint density at radius 1 is 1.31 bits per heavy atom. The van der Waals surface area contributed by atoms with Crippen LogP contribution in [0.15, 0.2) is 24.3 Å². The Hall–Kier alpha value is -0.480. The van der Waals surface area contributed by atoms with Crippen LogP contribution in [-0.4, -0.2) is 16.9 Å². The lowest BCUT2D eigenvalue weighted by atomic mass is 10.0. The summed E-state index contributed by atoms with van der Waals surface area (Å²) in [6.07, 6.45) is 0. The first kappa shape index (κ1) is 12.0. The summed E-state index contributed by atoms with van der Waals surface area (Å²) in [5, 5.41) is 0. The fraction of sp³-hybridized carbons (Fsp3) is 0.300. The smallest absolute Gasteiger partial charge is 0.341 e. The van der Waals surface area contributed by atoms with Crippen molar-refractivity contribution in [3.05, 3.63) is 35.4 Å². The molecule has 0 N–H and O–H groups in total. The van der Waals surface area contributed by atoms with E-state index in [1.807, 2.05) is 0 Å². The van der Waals surface area contributed by atoms with Crippen LogP contribution in [-0.2, 0) is 15.3 Å². The molecule has 1 aliphatic rings. The average Bonchev–Trinajstić information content (AvgIpc) is 2.53. The molecular formula is C10H7Cl3O3. The third kappa shape index (κ3) is 1.51. The van der Waals surface area contributed by atoms with Gasteiger partial charge in [0.25, 0.3) is 9.58 Å². The molecule has 0 fully saturated rings. The summed E-state index contributed by atoms with van der Waals surface area (Å²) >= 11 is 17.5. The molecule has 0 saturated carbocycles. The van der Waals surface area contributed by atoms with Crippen molar-refractivity contribution < 1.29 is 14.3 Å². The molecule has 2 rings (SSSR count). The second-order valence-electron chi connectivity index (χ2n) is 3.25.